The van der Waals surface area contributed by atoms with Crippen molar-refractivity contribution in [1.29, 1.82) is 0 Å². The van der Waals surface area contributed by atoms with Crippen molar-refractivity contribution >= 4 is 11.2 Å². The Balaban J connectivity index is 1.85. The number of ether oxygens (including phenoxy) is 1. The van der Waals surface area contributed by atoms with E-state index >= 15 is 0 Å². The molecule has 2 saturated heterocycles. The van der Waals surface area contributed by atoms with Gasteiger partial charge in [-0.2, -0.15) is 0 Å². The predicted octanol–water partition coefficient (Wildman–Crippen LogP) is 2.55. The number of rotatable bonds is 3. The minimum atomic E-state index is 0.408. The largest absolute Gasteiger partial charge is 0.381 e. The van der Waals surface area contributed by atoms with E-state index in [0.717, 1.165) is 37.3 Å². The van der Waals surface area contributed by atoms with Crippen LogP contribution >= 0.6 is 0 Å². The van der Waals surface area contributed by atoms with Gasteiger partial charge in [0.1, 0.15) is 11.3 Å². The van der Waals surface area contributed by atoms with Crippen molar-refractivity contribution in [3.63, 3.8) is 0 Å². The molecule has 0 saturated carbocycles. The zero-order valence-electron chi connectivity index (χ0n) is 12.5. The van der Waals surface area contributed by atoms with Crippen molar-refractivity contribution in [2.45, 2.75) is 38.3 Å². The molecule has 2 aromatic heterocycles. The molecule has 2 aromatic rings. The van der Waals surface area contributed by atoms with Crippen molar-refractivity contribution in [3.05, 3.63) is 24.2 Å². The topological polar surface area (TPSA) is 43.2 Å². The van der Waals surface area contributed by atoms with E-state index in [9.17, 15) is 0 Å². The maximum absolute atomic E-state index is 5.59. The Hall–Kier alpha value is -1.46. The van der Waals surface area contributed by atoms with E-state index in [0.29, 0.717) is 12.1 Å². The van der Waals surface area contributed by atoms with Gasteiger partial charge in [0.2, 0.25) is 0 Å². The summed E-state index contributed by atoms with van der Waals surface area (Å²) in [6.45, 7) is 6.14. The molecule has 0 N–H and O–H groups in total. The fourth-order valence-corrected chi connectivity index (χ4v) is 3.74. The van der Waals surface area contributed by atoms with Crippen molar-refractivity contribution in [1.82, 2.24) is 19.4 Å². The van der Waals surface area contributed by atoms with E-state index < -0.39 is 0 Å². The SMILES string of the molecule is CCN1CCCC1n1c(C2CCOC2)nc2cccnc21. The molecule has 5 nitrogen and oxygen atoms in total. The quantitative estimate of drug-likeness (QED) is 0.869. The molecule has 2 fully saturated rings. The summed E-state index contributed by atoms with van der Waals surface area (Å²) in [4.78, 5) is 12.1. The third-order valence-corrected chi connectivity index (χ3v) is 4.80. The van der Waals surface area contributed by atoms with E-state index in [1.165, 1.54) is 25.2 Å². The molecule has 21 heavy (non-hydrogen) atoms. The number of likely N-dealkylation sites (tertiary alicyclic amines) is 1. The number of hydrogen-bond donors (Lipinski definition) is 0. The van der Waals surface area contributed by atoms with Crippen LogP contribution in [0.5, 0.6) is 0 Å². The van der Waals surface area contributed by atoms with Gasteiger partial charge in [-0.05, 0) is 37.9 Å². The summed E-state index contributed by atoms with van der Waals surface area (Å²) in [7, 11) is 0. The molecule has 0 spiro atoms. The highest BCUT2D eigenvalue weighted by Gasteiger charge is 2.32. The highest BCUT2D eigenvalue weighted by molar-refractivity contribution is 5.71. The van der Waals surface area contributed by atoms with Crippen molar-refractivity contribution in [3.8, 4) is 0 Å². The lowest BCUT2D eigenvalue weighted by atomic mass is 10.1. The van der Waals surface area contributed by atoms with Gasteiger partial charge in [0.25, 0.3) is 0 Å². The third-order valence-electron chi connectivity index (χ3n) is 4.80. The van der Waals surface area contributed by atoms with Crippen LogP contribution in [-0.2, 0) is 4.74 Å². The van der Waals surface area contributed by atoms with Gasteiger partial charge >= 0.3 is 0 Å². The fraction of sp³-hybridized carbons (Fsp3) is 0.625. The van der Waals surface area contributed by atoms with Crippen LogP contribution in [0.2, 0.25) is 0 Å². The molecule has 4 rings (SSSR count). The van der Waals surface area contributed by atoms with E-state index in [1.54, 1.807) is 0 Å². The van der Waals surface area contributed by atoms with Crippen LogP contribution in [0.15, 0.2) is 18.3 Å². The van der Waals surface area contributed by atoms with Gasteiger partial charge in [-0.3, -0.25) is 9.47 Å². The minimum Gasteiger partial charge on any atom is -0.381 e. The number of pyridine rings is 1. The van der Waals surface area contributed by atoms with Gasteiger partial charge in [0.15, 0.2) is 5.65 Å². The van der Waals surface area contributed by atoms with Gasteiger partial charge in [-0.25, -0.2) is 9.97 Å². The second-order valence-corrected chi connectivity index (χ2v) is 6.00. The fourth-order valence-electron chi connectivity index (χ4n) is 3.74. The number of imidazole rings is 1. The molecular weight excluding hydrogens is 264 g/mol. The van der Waals surface area contributed by atoms with Gasteiger partial charge in [-0.15, -0.1) is 0 Å². The Morgan fingerprint density at radius 2 is 2.33 bits per heavy atom. The minimum absolute atomic E-state index is 0.408. The summed E-state index contributed by atoms with van der Waals surface area (Å²) in [6, 6.07) is 4.05. The first-order chi connectivity index (χ1) is 10.4. The first-order valence-electron chi connectivity index (χ1n) is 8.03. The molecule has 4 heterocycles. The lowest BCUT2D eigenvalue weighted by molar-refractivity contribution is 0.185. The van der Waals surface area contributed by atoms with E-state index in [2.05, 4.69) is 27.4 Å². The third kappa shape index (κ3) is 2.15. The van der Waals surface area contributed by atoms with Gasteiger partial charge in [0, 0.05) is 25.3 Å². The average Bonchev–Trinajstić information content (AvgIpc) is 3.24. The second-order valence-electron chi connectivity index (χ2n) is 6.00. The lowest BCUT2D eigenvalue weighted by Gasteiger charge is -2.27. The molecule has 112 valence electrons. The van der Waals surface area contributed by atoms with E-state index in [4.69, 9.17) is 9.72 Å². The Labute approximate surface area is 124 Å². The summed E-state index contributed by atoms with van der Waals surface area (Å²) >= 11 is 0. The molecule has 0 bridgehead atoms. The standard InChI is InChI=1S/C16H22N4O/c1-2-19-9-4-6-14(19)20-15(12-7-10-21-11-12)18-13-5-3-8-17-16(13)20/h3,5,8,12,14H,2,4,6-7,9-11H2,1H3. The van der Waals surface area contributed by atoms with Crippen LogP contribution in [-0.4, -0.2) is 45.7 Å². The normalized spacial score (nSPS) is 26.9. The van der Waals surface area contributed by atoms with Crippen LogP contribution in [0.3, 0.4) is 0 Å². The molecule has 0 aliphatic carbocycles. The van der Waals surface area contributed by atoms with Crippen LogP contribution in [0, 0.1) is 0 Å². The van der Waals surface area contributed by atoms with Gasteiger partial charge < -0.3 is 4.74 Å². The summed E-state index contributed by atoms with van der Waals surface area (Å²) in [5, 5.41) is 0. The van der Waals surface area contributed by atoms with Crippen LogP contribution in [0.4, 0.5) is 0 Å². The molecule has 0 aromatic carbocycles. The molecule has 0 amide bonds. The van der Waals surface area contributed by atoms with Gasteiger partial charge in [0.05, 0.1) is 12.8 Å². The molecule has 2 atom stereocenters. The highest BCUT2D eigenvalue weighted by Crippen LogP contribution is 2.35. The van der Waals surface area contributed by atoms with Crippen molar-refractivity contribution < 1.29 is 4.74 Å². The summed E-state index contributed by atoms with van der Waals surface area (Å²) in [6.07, 6.45) is 5.80. The first kappa shape index (κ1) is 13.2. The van der Waals surface area contributed by atoms with Crippen LogP contribution < -0.4 is 0 Å². The zero-order valence-corrected chi connectivity index (χ0v) is 12.5. The lowest BCUT2D eigenvalue weighted by Crippen LogP contribution is -2.29. The summed E-state index contributed by atoms with van der Waals surface area (Å²) < 4.78 is 7.98. The smallest absolute Gasteiger partial charge is 0.161 e. The number of aromatic nitrogens is 3. The van der Waals surface area contributed by atoms with Gasteiger partial charge in [-0.1, -0.05) is 6.92 Å². The van der Waals surface area contributed by atoms with E-state index in [-0.39, 0.29) is 0 Å². The number of nitrogens with zero attached hydrogens (tertiary/aromatic N) is 4. The monoisotopic (exact) mass is 286 g/mol. The molecule has 2 unspecified atom stereocenters. The zero-order chi connectivity index (χ0) is 14.2. The Morgan fingerprint density at radius 1 is 1.38 bits per heavy atom. The summed E-state index contributed by atoms with van der Waals surface area (Å²) in [5.41, 5.74) is 2.05. The molecule has 5 heteroatoms. The Kier molecular flexibility index (Phi) is 3.39. The van der Waals surface area contributed by atoms with Crippen LogP contribution in [0.25, 0.3) is 11.2 Å². The Morgan fingerprint density at radius 3 is 3.14 bits per heavy atom. The first-order valence-corrected chi connectivity index (χ1v) is 8.03. The average molecular weight is 286 g/mol. The predicted molar refractivity (Wildman–Crippen MR) is 81.2 cm³/mol. The second kappa shape index (κ2) is 5.39. The van der Waals surface area contributed by atoms with Crippen molar-refractivity contribution in [2.75, 3.05) is 26.3 Å². The maximum atomic E-state index is 5.59. The van der Waals surface area contributed by atoms with Crippen molar-refractivity contribution in [2.24, 2.45) is 0 Å². The number of fused-ring (bicyclic) bond motifs is 1. The Bertz CT molecular complexity index is 632. The molecule has 2 aliphatic rings. The van der Waals surface area contributed by atoms with E-state index in [1.807, 2.05) is 12.3 Å². The molecule has 0 radical (unpaired) electrons. The highest BCUT2D eigenvalue weighted by atomic mass is 16.5. The summed E-state index contributed by atoms with van der Waals surface area (Å²) in [5.74, 6) is 1.59. The molecular formula is C16H22N4O. The van der Waals surface area contributed by atoms with Crippen LogP contribution in [0.1, 0.15) is 44.1 Å². The number of hydrogen-bond acceptors (Lipinski definition) is 4. The molecule has 2 aliphatic heterocycles. The maximum Gasteiger partial charge on any atom is 0.161 e.